The SMILES string of the molecule is COCc1cccc2c1cc(C)n2-c1nc(NCc2cccc(F)c2)nc(OC)n1. The van der Waals surface area contributed by atoms with E-state index in [2.05, 4.69) is 26.3 Å². The van der Waals surface area contributed by atoms with E-state index in [0.29, 0.717) is 25.0 Å². The first-order valence-electron chi connectivity index (χ1n) is 9.46. The molecule has 0 fully saturated rings. The summed E-state index contributed by atoms with van der Waals surface area (Å²) in [6.45, 7) is 2.88. The number of nitrogens with zero attached hydrogens (tertiary/aromatic N) is 4. The number of benzene rings is 2. The summed E-state index contributed by atoms with van der Waals surface area (Å²) in [6, 6.07) is 14.7. The molecule has 0 atom stereocenters. The molecule has 0 saturated heterocycles. The van der Waals surface area contributed by atoms with Crippen LogP contribution in [0.2, 0.25) is 0 Å². The average molecular weight is 407 g/mol. The van der Waals surface area contributed by atoms with Gasteiger partial charge in [0.2, 0.25) is 11.9 Å². The topological polar surface area (TPSA) is 74.1 Å². The van der Waals surface area contributed by atoms with Crippen LogP contribution >= 0.6 is 0 Å². The standard InChI is InChI=1S/C22H22FN5O2/c1-14-10-18-16(13-29-2)7-5-9-19(18)28(14)21-25-20(26-22(27-21)30-3)24-12-15-6-4-8-17(23)11-15/h4-11H,12-13H2,1-3H3,(H,24,25,26,27). The van der Waals surface area contributed by atoms with Gasteiger partial charge in [0, 0.05) is 24.7 Å². The number of hydrogen-bond acceptors (Lipinski definition) is 6. The number of ether oxygens (including phenoxy) is 2. The van der Waals surface area contributed by atoms with E-state index < -0.39 is 0 Å². The Bertz CT molecular complexity index is 1190. The monoisotopic (exact) mass is 407 g/mol. The highest BCUT2D eigenvalue weighted by atomic mass is 19.1. The number of fused-ring (bicyclic) bond motifs is 1. The molecule has 0 aliphatic carbocycles. The predicted octanol–water partition coefficient (Wildman–Crippen LogP) is 4.03. The largest absolute Gasteiger partial charge is 0.467 e. The molecule has 154 valence electrons. The van der Waals surface area contributed by atoms with E-state index in [-0.39, 0.29) is 11.8 Å². The summed E-state index contributed by atoms with van der Waals surface area (Å²) in [5.74, 6) is 0.491. The van der Waals surface area contributed by atoms with E-state index in [1.165, 1.54) is 19.2 Å². The molecule has 2 aromatic heterocycles. The van der Waals surface area contributed by atoms with Crippen LogP contribution in [-0.2, 0) is 17.9 Å². The first kappa shape index (κ1) is 19.8. The van der Waals surface area contributed by atoms with Gasteiger partial charge < -0.3 is 14.8 Å². The molecule has 2 heterocycles. The van der Waals surface area contributed by atoms with Crippen molar-refractivity contribution in [2.45, 2.75) is 20.1 Å². The van der Waals surface area contributed by atoms with Crippen LogP contribution in [0.5, 0.6) is 6.01 Å². The van der Waals surface area contributed by atoms with Gasteiger partial charge in [0.05, 0.1) is 19.2 Å². The Hall–Kier alpha value is -3.52. The van der Waals surface area contributed by atoms with E-state index in [0.717, 1.165) is 27.7 Å². The van der Waals surface area contributed by atoms with Crippen LogP contribution < -0.4 is 10.1 Å². The summed E-state index contributed by atoms with van der Waals surface area (Å²) in [6.07, 6.45) is 0. The van der Waals surface area contributed by atoms with E-state index in [4.69, 9.17) is 9.47 Å². The molecule has 4 rings (SSSR count). The summed E-state index contributed by atoms with van der Waals surface area (Å²) in [7, 11) is 3.18. The second-order valence-electron chi connectivity index (χ2n) is 6.83. The van der Waals surface area contributed by atoms with Gasteiger partial charge in [-0.3, -0.25) is 4.57 Å². The van der Waals surface area contributed by atoms with Crippen molar-refractivity contribution < 1.29 is 13.9 Å². The maximum Gasteiger partial charge on any atom is 0.322 e. The smallest absolute Gasteiger partial charge is 0.322 e. The third kappa shape index (κ3) is 3.95. The Morgan fingerprint density at radius 2 is 1.87 bits per heavy atom. The minimum atomic E-state index is -0.287. The lowest BCUT2D eigenvalue weighted by molar-refractivity contribution is 0.186. The summed E-state index contributed by atoms with van der Waals surface area (Å²) in [4.78, 5) is 13.3. The molecular formula is C22H22FN5O2. The molecule has 0 unspecified atom stereocenters. The number of anilines is 1. The molecule has 0 radical (unpaired) electrons. The van der Waals surface area contributed by atoms with Gasteiger partial charge in [-0.15, -0.1) is 0 Å². The molecule has 0 aliphatic heterocycles. The molecular weight excluding hydrogens is 385 g/mol. The highest BCUT2D eigenvalue weighted by Crippen LogP contribution is 2.27. The van der Waals surface area contributed by atoms with Gasteiger partial charge in [0.25, 0.3) is 0 Å². The van der Waals surface area contributed by atoms with Crippen LogP contribution in [0, 0.1) is 12.7 Å². The third-order valence-electron chi connectivity index (χ3n) is 4.75. The van der Waals surface area contributed by atoms with E-state index >= 15 is 0 Å². The minimum absolute atomic E-state index is 0.191. The fourth-order valence-electron chi connectivity index (χ4n) is 3.42. The molecule has 0 saturated carbocycles. The Morgan fingerprint density at radius 1 is 1.03 bits per heavy atom. The number of nitrogens with one attached hydrogen (secondary N) is 1. The summed E-state index contributed by atoms with van der Waals surface area (Å²) in [5, 5.41) is 4.20. The fourth-order valence-corrected chi connectivity index (χ4v) is 3.42. The van der Waals surface area contributed by atoms with Crippen molar-refractivity contribution in [3.63, 3.8) is 0 Å². The summed E-state index contributed by atoms with van der Waals surface area (Å²) >= 11 is 0. The second kappa shape index (κ2) is 8.46. The summed E-state index contributed by atoms with van der Waals surface area (Å²) in [5.41, 5.74) is 3.80. The van der Waals surface area contributed by atoms with Gasteiger partial charge in [-0.1, -0.05) is 24.3 Å². The van der Waals surface area contributed by atoms with Crippen LogP contribution in [0.1, 0.15) is 16.8 Å². The van der Waals surface area contributed by atoms with Crippen molar-refractivity contribution >= 4 is 16.9 Å². The van der Waals surface area contributed by atoms with Crippen LogP contribution in [0.3, 0.4) is 0 Å². The van der Waals surface area contributed by atoms with Crippen molar-refractivity contribution in [1.29, 1.82) is 0 Å². The zero-order valence-electron chi connectivity index (χ0n) is 17.0. The van der Waals surface area contributed by atoms with Crippen LogP contribution in [-0.4, -0.2) is 33.7 Å². The highest BCUT2D eigenvalue weighted by Gasteiger charge is 2.15. The van der Waals surface area contributed by atoms with E-state index in [1.807, 2.05) is 35.8 Å². The average Bonchev–Trinajstić information content (AvgIpc) is 3.09. The minimum Gasteiger partial charge on any atom is -0.467 e. The van der Waals surface area contributed by atoms with Gasteiger partial charge in [-0.2, -0.15) is 15.0 Å². The number of methoxy groups -OCH3 is 2. The van der Waals surface area contributed by atoms with Gasteiger partial charge >= 0.3 is 6.01 Å². The maximum atomic E-state index is 13.4. The summed E-state index contributed by atoms with van der Waals surface area (Å²) < 4.78 is 26.0. The van der Waals surface area contributed by atoms with Crippen LogP contribution in [0.4, 0.5) is 10.3 Å². The van der Waals surface area contributed by atoms with Gasteiger partial charge in [0.1, 0.15) is 5.82 Å². The third-order valence-corrected chi connectivity index (χ3v) is 4.75. The normalized spacial score (nSPS) is 11.1. The number of hydrogen-bond donors (Lipinski definition) is 1. The Kier molecular flexibility index (Phi) is 5.58. The lowest BCUT2D eigenvalue weighted by Crippen LogP contribution is -2.11. The molecule has 0 amide bonds. The molecule has 7 nitrogen and oxygen atoms in total. The van der Waals surface area contributed by atoms with Crippen LogP contribution in [0.25, 0.3) is 16.9 Å². The molecule has 0 spiro atoms. The van der Waals surface area contributed by atoms with Crippen LogP contribution in [0.15, 0.2) is 48.5 Å². The molecule has 0 aliphatic rings. The molecule has 4 aromatic rings. The molecule has 8 heteroatoms. The number of aryl methyl sites for hydroxylation is 1. The maximum absolute atomic E-state index is 13.4. The quantitative estimate of drug-likeness (QED) is 0.499. The van der Waals surface area contributed by atoms with Gasteiger partial charge in [0.15, 0.2) is 0 Å². The Balaban J connectivity index is 1.73. The molecule has 1 N–H and O–H groups in total. The molecule has 0 bridgehead atoms. The zero-order chi connectivity index (χ0) is 21.1. The number of rotatable bonds is 7. The van der Waals surface area contributed by atoms with E-state index in [1.54, 1.807) is 13.2 Å². The van der Waals surface area contributed by atoms with Crippen molar-refractivity contribution in [2.24, 2.45) is 0 Å². The van der Waals surface area contributed by atoms with Crippen molar-refractivity contribution in [2.75, 3.05) is 19.5 Å². The van der Waals surface area contributed by atoms with Crippen molar-refractivity contribution in [3.8, 4) is 12.0 Å². The predicted molar refractivity (Wildman–Crippen MR) is 112 cm³/mol. The molecule has 2 aromatic carbocycles. The van der Waals surface area contributed by atoms with Gasteiger partial charge in [-0.25, -0.2) is 4.39 Å². The van der Waals surface area contributed by atoms with Gasteiger partial charge in [-0.05, 0) is 42.3 Å². The van der Waals surface area contributed by atoms with E-state index in [9.17, 15) is 4.39 Å². The Morgan fingerprint density at radius 3 is 2.63 bits per heavy atom. The number of halogens is 1. The lowest BCUT2D eigenvalue weighted by atomic mass is 10.1. The second-order valence-corrected chi connectivity index (χ2v) is 6.83. The fraction of sp³-hybridized carbons (Fsp3) is 0.227. The van der Waals surface area contributed by atoms with Crippen molar-refractivity contribution in [3.05, 3.63) is 71.2 Å². The van der Waals surface area contributed by atoms with Crippen molar-refractivity contribution in [1.82, 2.24) is 19.5 Å². The number of aromatic nitrogens is 4. The first-order valence-corrected chi connectivity index (χ1v) is 9.46. The zero-order valence-corrected chi connectivity index (χ0v) is 17.0. The lowest BCUT2D eigenvalue weighted by Gasteiger charge is -2.11. The molecule has 30 heavy (non-hydrogen) atoms. The highest BCUT2D eigenvalue weighted by molar-refractivity contribution is 5.86. The Labute approximate surface area is 173 Å². The first-order chi connectivity index (χ1) is 14.6.